The molecule has 0 saturated heterocycles. The van der Waals surface area contributed by atoms with E-state index >= 15 is 0 Å². The highest BCUT2D eigenvalue weighted by molar-refractivity contribution is 7.12. The quantitative estimate of drug-likeness (QED) is 0.635. The molecule has 2 N–H and O–H groups in total. The first-order chi connectivity index (χ1) is 5.04. The van der Waals surface area contributed by atoms with Crippen molar-refractivity contribution in [2.75, 3.05) is 0 Å². The number of aromatic nitrogens is 1. The van der Waals surface area contributed by atoms with Crippen LogP contribution in [0.15, 0.2) is 5.38 Å². The molecular formula is C8H14N2S. The standard InChI is InChI=1S/C8H14N2S/c1-8(2,3)6-5-11-7(9-4)10-6/h5H,4,9H2,1-3H3. The predicted molar refractivity (Wildman–Crippen MR) is 47.8 cm³/mol. The zero-order valence-electron chi connectivity index (χ0n) is 7.22. The molecule has 1 aromatic rings. The maximum Gasteiger partial charge on any atom is 0.256 e. The number of thiazole rings is 1. The molecule has 3 heteroatoms. The van der Waals surface area contributed by atoms with Gasteiger partial charge in [-0.15, -0.1) is 7.05 Å². The maximum atomic E-state index is 4.40. The summed E-state index contributed by atoms with van der Waals surface area (Å²) in [6.07, 6.45) is 0. The summed E-state index contributed by atoms with van der Waals surface area (Å²) in [5.41, 5.74) is 1.31. The summed E-state index contributed by atoms with van der Waals surface area (Å²) >= 11 is 1.65. The molecule has 0 aliphatic rings. The van der Waals surface area contributed by atoms with Crippen molar-refractivity contribution in [2.45, 2.75) is 26.2 Å². The fourth-order valence-electron chi connectivity index (χ4n) is 0.726. The van der Waals surface area contributed by atoms with Crippen LogP contribution >= 0.6 is 11.3 Å². The third-order valence-corrected chi connectivity index (χ3v) is 2.31. The highest BCUT2D eigenvalue weighted by Crippen LogP contribution is 2.23. The monoisotopic (exact) mass is 170 g/mol. The van der Waals surface area contributed by atoms with Crippen LogP contribution in [0.4, 0.5) is 5.13 Å². The van der Waals surface area contributed by atoms with Crippen molar-refractivity contribution in [3.05, 3.63) is 18.1 Å². The Hall–Kier alpha value is -0.410. The van der Waals surface area contributed by atoms with Crippen molar-refractivity contribution >= 4 is 16.5 Å². The van der Waals surface area contributed by atoms with Crippen LogP contribution in [0.3, 0.4) is 0 Å². The second kappa shape index (κ2) is 2.91. The second-order valence-electron chi connectivity index (χ2n) is 3.53. The predicted octanol–water partition coefficient (Wildman–Crippen LogP) is 1.43. The number of nitrogens with two attached hydrogens (primary N) is 1. The molecule has 0 aliphatic heterocycles. The lowest BCUT2D eigenvalue weighted by atomic mass is 9.93. The minimum absolute atomic E-state index is 0.164. The SMILES string of the molecule is [CH2-][NH2+]c1nc(C(C)(C)C)cs1. The van der Waals surface area contributed by atoms with Crippen LogP contribution < -0.4 is 5.32 Å². The molecule has 0 saturated carbocycles. The van der Waals surface area contributed by atoms with E-state index in [0.29, 0.717) is 0 Å². The molecule has 11 heavy (non-hydrogen) atoms. The first-order valence-electron chi connectivity index (χ1n) is 3.62. The van der Waals surface area contributed by atoms with Crippen molar-refractivity contribution in [1.82, 2.24) is 4.98 Å². The van der Waals surface area contributed by atoms with Gasteiger partial charge in [0.15, 0.2) is 0 Å². The van der Waals surface area contributed by atoms with Crippen LogP contribution in [-0.4, -0.2) is 4.98 Å². The molecule has 0 amide bonds. The van der Waals surface area contributed by atoms with Gasteiger partial charge in [0, 0.05) is 10.8 Å². The molecule has 0 fully saturated rings. The third kappa shape index (κ3) is 2.01. The van der Waals surface area contributed by atoms with Crippen LogP contribution in [0, 0.1) is 7.05 Å². The van der Waals surface area contributed by atoms with Gasteiger partial charge in [0.1, 0.15) is 0 Å². The minimum Gasteiger partial charge on any atom is -0.420 e. The van der Waals surface area contributed by atoms with Gasteiger partial charge in [-0.1, -0.05) is 32.1 Å². The number of hydrogen-bond donors (Lipinski definition) is 1. The van der Waals surface area contributed by atoms with Gasteiger partial charge in [-0.05, 0) is 0 Å². The highest BCUT2D eigenvalue weighted by Gasteiger charge is 2.17. The Morgan fingerprint density at radius 1 is 1.55 bits per heavy atom. The smallest absolute Gasteiger partial charge is 0.256 e. The van der Waals surface area contributed by atoms with Crippen LogP contribution in [0.1, 0.15) is 26.5 Å². The molecule has 2 nitrogen and oxygen atoms in total. The molecule has 0 atom stereocenters. The normalized spacial score (nSPS) is 12.0. The van der Waals surface area contributed by atoms with Crippen molar-refractivity contribution in [1.29, 1.82) is 0 Å². The summed E-state index contributed by atoms with van der Waals surface area (Å²) in [6, 6.07) is 0. The van der Waals surface area contributed by atoms with E-state index in [4.69, 9.17) is 0 Å². The van der Waals surface area contributed by atoms with Crippen molar-refractivity contribution < 1.29 is 5.32 Å². The molecule has 1 aromatic heterocycles. The number of rotatable bonds is 1. The van der Waals surface area contributed by atoms with Gasteiger partial charge in [-0.25, -0.2) is 0 Å². The van der Waals surface area contributed by atoms with Crippen LogP contribution in [0.25, 0.3) is 0 Å². The van der Waals surface area contributed by atoms with Gasteiger partial charge in [0.2, 0.25) is 0 Å². The Bertz CT molecular complexity index is 234. The lowest BCUT2D eigenvalue weighted by molar-refractivity contribution is -0.504. The van der Waals surface area contributed by atoms with Crippen molar-refractivity contribution in [3.8, 4) is 0 Å². The first-order valence-corrected chi connectivity index (χ1v) is 4.50. The van der Waals surface area contributed by atoms with E-state index in [9.17, 15) is 0 Å². The molecule has 0 bridgehead atoms. The van der Waals surface area contributed by atoms with Crippen LogP contribution in [0.2, 0.25) is 0 Å². The van der Waals surface area contributed by atoms with E-state index in [2.05, 4.69) is 38.2 Å². The fourth-order valence-corrected chi connectivity index (χ4v) is 1.61. The van der Waals surface area contributed by atoms with Gasteiger partial charge in [-0.3, -0.25) is 0 Å². The molecule has 62 valence electrons. The zero-order valence-corrected chi connectivity index (χ0v) is 8.03. The Morgan fingerprint density at radius 2 is 2.18 bits per heavy atom. The molecule has 1 rings (SSSR count). The summed E-state index contributed by atoms with van der Waals surface area (Å²) in [4.78, 5) is 4.40. The van der Waals surface area contributed by atoms with E-state index in [1.54, 1.807) is 16.7 Å². The summed E-state index contributed by atoms with van der Waals surface area (Å²) in [7, 11) is 3.67. The molecule has 0 unspecified atom stereocenters. The topological polar surface area (TPSA) is 29.5 Å². The molecule has 1 heterocycles. The average Bonchev–Trinajstić information content (AvgIpc) is 2.32. The van der Waals surface area contributed by atoms with Gasteiger partial charge in [0.05, 0.1) is 5.69 Å². The fraction of sp³-hybridized carbons (Fsp3) is 0.500. The summed E-state index contributed by atoms with van der Waals surface area (Å²) < 4.78 is 0. The number of quaternary nitrogens is 1. The number of nitrogens with zero attached hydrogens (tertiary/aromatic N) is 1. The van der Waals surface area contributed by atoms with Crippen molar-refractivity contribution in [2.24, 2.45) is 0 Å². The molecule has 0 radical (unpaired) electrons. The largest absolute Gasteiger partial charge is 0.420 e. The summed E-state index contributed by atoms with van der Waals surface area (Å²) in [6.45, 7) is 6.48. The lowest BCUT2D eigenvalue weighted by Crippen LogP contribution is -2.69. The number of hydrogen-bond acceptors (Lipinski definition) is 2. The molecule has 0 aromatic carbocycles. The Morgan fingerprint density at radius 3 is 2.45 bits per heavy atom. The lowest BCUT2D eigenvalue weighted by Gasteiger charge is -2.13. The minimum atomic E-state index is 0.164. The van der Waals surface area contributed by atoms with Gasteiger partial charge < -0.3 is 5.32 Å². The summed E-state index contributed by atoms with van der Waals surface area (Å²) in [5, 5.41) is 4.90. The van der Waals surface area contributed by atoms with E-state index in [-0.39, 0.29) is 5.41 Å². The van der Waals surface area contributed by atoms with Crippen LogP contribution in [-0.2, 0) is 5.41 Å². The first kappa shape index (κ1) is 8.68. The second-order valence-corrected chi connectivity index (χ2v) is 4.41. The molecular weight excluding hydrogens is 156 g/mol. The van der Waals surface area contributed by atoms with Gasteiger partial charge in [-0.2, -0.15) is 4.98 Å². The Balaban J connectivity index is 2.89. The Labute approximate surface area is 71.7 Å². The summed E-state index contributed by atoms with van der Waals surface area (Å²) in [5.74, 6) is 0. The Kier molecular flexibility index (Phi) is 2.30. The highest BCUT2D eigenvalue weighted by atomic mass is 32.1. The van der Waals surface area contributed by atoms with E-state index in [1.165, 1.54) is 0 Å². The zero-order chi connectivity index (χ0) is 8.48. The molecule has 0 aliphatic carbocycles. The van der Waals surface area contributed by atoms with E-state index in [0.717, 1.165) is 10.8 Å². The van der Waals surface area contributed by atoms with Crippen LogP contribution in [0.5, 0.6) is 0 Å². The third-order valence-electron chi connectivity index (χ3n) is 1.46. The van der Waals surface area contributed by atoms with E-state index < -0.39 is 0 Å². The van der Waals surface area contributed by atoms with E-state index in [1.807, 2.05) is 0 Å². The molecule has 0 spiro atoms. The average molecular weight is 170 g/mol. The van der Waals surface area contributed by atoms with Crippen molar-refractivity contribution in [3.63, 3.8) is 0 Å². The maximum absolute atomic E-state index is 4.40. The van der Waals surface area contributed by atoms with Gasteiger partial charge in [0.25, 0.3) is 5.13 Å². The van der Waals surface area contributed by atoms with Gasteiger partial charge >= 0.3 is 0 Å².